The molecule has 0 radical (unpaired) electrons. The molecule has 11 heteroatoms. The zero-order valence-electron chi connectivity index (χ0n) is 18.6. The quantitative estimate of drug-likeness (QED) is 0.531. The second-order valence-corrected chi connectivity index (χ2v) is 11.7. The van der Waals surface area contributed by atoms with E-state index in [1.165, 1.54) is 24.3 Å². The number of ether oxygens (including phenoxy) is 3. The summed E-state index contributed by atoms with van der Waals surface area (Å²) in [6, 6.07) is 12.3. The largest absolute Gasteiger partial charge is 0.341 e. The van der Waals surface area contributed by atoms with Crippen molar-refractivity contribution in [2.24, 2.45) is 0 Å². The molecule has 9 nitrogen and oxygen atoms in total. The summed E-state index contributed by atoms with van der Waals surface area (Å²) < 4.78 is 78.9. The summed E-state index contributed by atoms with van der Waals surface area (Å²) in [7, 11) is -8.30. The van der Waals surface area contributed by atoms with Gasteiger partial charge in [-0.05, 0) is 52.0 Å². The molecule has 2 aromatic carbocycles. The van der Waals surface area contributed by atoms with Crippen LogP contribution < -0.4 is 0 Å². The van der Waals surface area contributed by atoms with Crippen LogP contribution in [-0.2, 0) is 42.8 Å². The van der Waals surface area contributed by atoms with Gasteiger partial charge in [0.25, 0.3) is 20.2 Å². The van der Waals surface area contributed by atoms with Crippen LogP contribution >= 0.6 is 0 Å². The van der Waals surface area contributed by atoms with Crippen LogP contribution in [0.1, 0.15) is 25.0 Å². The van der Waals surface area contributed by atoms with Crippen LogP contribution in [0.15, 0.2) is 58.3 Å². The Morgan fingerprint density at radius 3 is 1.88 bits per heavy atom. The van der Waals surface area contributed by atoms with Crippen LogP contribution in [0.2, 0.25) is 0 Å². The molecule has 0 N–H and O–H groups in total. The normalized spacial score (nSPS) is 26.9. The highest BCUT2D eigenvalue weighted by molar-refractivity contribution is 7.87. The van der Waals surface area contributed by atoms with Gasteiger partial charge in [-0.3, -0.25) is 8.37 Å². The van der Waals surface area contributed by atoms with Crippen LogP contribution in [-0.4, -0.2) is 53.8 Å². The number of fused-ring (bicyclic) bond motifs is 1. The van der Waals surface area contributed by atoms with Crippen molar-refractivity contribution in [2.45, 2.75) is 67.9 Å². The molecule has 0 saturated carbocycles. The van der Waals surface area contributed by atoms with Gasteiger partial charge in [0.1, 0.15) is 18.3 Å². The molecule has 4 rings (SSSR count). The lowest BCUT2D eigenvalue weighted by atomic mass is 10.1. The predicted molar refractivity (Wildman–Crippen MR) is 116 cm³/mol. The average Bonchev–Trinajstić information content (AvgIpc) is 3.19. The maximum atomic E-state index is 12.9. The smallest absolute Gasteiger partial charge is 0.297 e. The molecule has 33 heavy (non-hydrogen) atoms. The summed E-state index contributed by atoms with van der Waals surface area (Å²) in [5.74, 6) is -1.02. The number of aryl methyl sites for hydroxylation is 2. The second kappa shape index (κ2) is 8.73. The Hall–Kier alpha value is -1.86. The van der Waals surface area contributed by atoms with Crippen molar-refractivity contribution in [3.63, 3.8) is 0 Å². The van der Waals surface area contributed by atoms with E-state index >= 15 is 0 Å². The van der Waals surface area contributed by atoms with Crippen LogP contribution in [0.3, 0.4) is 0 Å². The Labute approximate surface area is 193 Å². The average molecular weight is 499 g/mol. The van der Waals surface area contributed by atoms with E-state index in [1.807, 2.05) is 13.8 Å². The van der Waals surface area contributed by atoms with Gasteiger partial charge >= 0.3 is 0 Å². The molecular weight excluding hydrogens is 472 g/mol. The summed E-state index contributed by atoms with van der Waals surface area (Å²) in [4.78, 5) is -0.0636. The number of hydrogen-bond donors (Lipinski definition) is 0. The number of hydrogen-bond acceptors (Lipinski definition) is 9. The lowest BCUT2D eigenvalue weighted by Gasteiger charge is -2.25. The third-order valence-electron chi connectivity index (χ3n) is 5.33. The monoisotopic (exact) mass is 498 g/mol. The van der Waals surface area contributed by atoms with Crippen molar-refractivity contribution in [3.8, 4) is 0 Å². The molecule has 2 aromatic rings. The van der Waals surface area contributed by atoms with Crippen LogP contribution in [0.4, 0.5) is 0 Å². The standard InChI is InChI=1S/C22H26O9S2/c1-14-5-9-16(10-6-14)32(23,24)27-13-18-19(20-21(28-18)30-22(3,4)29-20)31-33(25,26)17-11-7-15(2)8-12-17/h5-12,18-21H,13H2,1-4H3/t18-,19+,20-,21+/m1/s1. The Morgan fingerprint density at radius 1 is 0.818 bits per heavy atom. The fourth-order valence-corrected chi connectivity index (χ4v) is 5.66. The summed E-state index contributed by atoms with van der Waals surface area (Å²) in [6.45, 7) is 6.51. The molecule has 2 fully saturated rings. The first kappa shape index (κ1) is 24.3. The first-order valence-electron chi connectivity index (χ1n) is 10.3. The molecule has 180 valence electrons. The maximum absolute atomic E-state index is 12.9. The lowest BCUT2D eigenvalue weighted by Crippen LogP contribution is -2.40. The molecule has 0 spiro atoms. The van der Waals surface area contributed by atoms with Crippen molar-refractivity contribution in [2.75, 3.05) is 6.61 Å². The summed E-state index contributed by atoms with van der Waals surface area (Å²) in [5, 5.41) is 0. The van der Waals surface area contributed by atoms with Gasteiger partial charge < -0.3 is 14.2 Å². The third-order valence-corrected chi connectivity index (χ3v) is 7.95. The van der Waals surface area contributed by atoms with Gasteiger partial charge in [0, 0.05) is 0 Å². The molecule has 2 heterocycles. The molecule has 2 aliphatic heterocycles. The molecule has 0 aliphatic carbocycles. The van der Waals surface area contributed by atoms with Crippen LogP contribution in [0.25, 0.3) is 0 Å². The van der Waals surface area contributed by atoms with Crippen molar-refractivity contribution in [3.05, 3.63) is 59.7 Å². The molecular formula is C22H26O9S2. The molecule has 0 amide bonds. The first-order valence-corrected chi connectivity index (χ1v) is 13.2. The Morgan fingerprint density at radius 2 is 1.33 bits per heavy atom. The van der Waals surface area contributed by atoms with Gasteiger partial charge in [0.15, 0.2) is 12.1 Å². The fraction of sp³-hybridized carbons (Fsp3) is 0.455. The topological polar surface area (TPSA) is 114 Å². The number of benzene rings is 2. The predicted octanol–water partition coefficient (Wildman–Crippen LogP) is 2.66. The van der Waals surface area contributed by atoms with E-state index in [9.17, 15) is 16.8 Å². The highest BCUT2D eigenvalue weighted by Crippen LogP contribution is 2.40. The summed E-state index contributed by atoms with van der Waals surface area (Å²) in [5.41, 5.74) is 1.78. The van der Waals surface area contributed by atoms with Crippen molar-refractivity contribution in [1.82, 2.24) is 0 Å². The fourth-order valence-electron chi connectivity index (χ4n) is 3.63. The van der Waals surface area contributed by atoms with E-state index in [0.717, 1.165) is 11.1 Å². The molecule has 0 aromatic heterocycles. The minimum atomic E-state index is -4.20. The second-order valence-electron chi connectivity index (χ2n) is 8.52. The van der Waals surface area contributed by atoms with E-state index < -0.39 is 57.2 Å². The SMILES string of the molecule is Cc1ccc(S(=O)(=O)OC[C@H]2O[C@H]3OC(C)(C)O[C@@H]3[C@H]2OS(=O)(=O)c2ccc(C)cc2)cc1. The van der Waals surface area contributed by atoms with Gasteiger partial charge in [0.05, 0.1) is 16.4 Å². The highest BCUT2D eigenvalue weighted by atomic mass is 32.2. The highest BCUT2D eigenvalue weighted by Gasteiger charge is 2.57. The minimum absolute atomic E-state index is 0.0235. The van der Waals surface area contributed by atoms with E-state index in [4.69, 9.17) is 22.6 Å². The molecule has 0 unspecified atom stereocenters. The number of rotatable bonds is 7. The maximum Gasteiger partial charge on any atom is 0.297 e. The zero-order chi connectivity index (χ0) is 24.0. The van der Waals surface area contributed by atoms with Gasteiger partial charge in [-0.25, -0.2) is 0 Å². The molecule has 2 saturated heterocycles. The van der Waals surface area contributed by atoms with Crippen LogP contribution in [0.5, 0.6) is 0 Å². The van der Waals surface area contributed by atoms with Gasteiger partial charge in [0.2, 0.25) is 0 Å². The molecule has 4 atom stereocenters. The van der Waals surface area contributed by atoms with E-state index in [2.05, 4.69) is 0 Å². The lowest BCUT2D eigenvalue weighted by molar-refractivity contribution is -0.215. The van der Waals surface area contributed by atoms with Crippen LogP contribution in [0, 0.1) is 13.8 Å². The van der Waals surface area contributed by atoms with E-state index in [-0.39, 0.29) is 9.79 Å². The van der Waals surface area contributed by atoms with Gasteiger partial charge in [-0.15, -0.1) is 0 Å². The summed E-state index contributed by atoms with van der Waals surface area (Å²) >= 11 is 0. The third kappa shape index (κ3) is 5.29. The van der Waals surface area contributed by atoms with Gasteiger partial charge in [-0.2, -0.15) is 16.8 Å². The van der Waals surface area contributed by atoms with Gasteiger partial charge in [-0.1, -0.05) is 35.4 Å². The van der Waals surface area contributed by atoms with Crippen molar-refractivity contribution in [1.29, 1.82) is 0 Å². The first-order chi connectivity index (χ1) is 15.4. The zero-order valence-corrected chi connectivity index (χ0v) is 20.3. The Kier molecular flexibility index (Phi) is 6.42. The summed E-state index contributed by atoms with van der Waals surface area (Å²) in [6.07, 6.45) is -4.09. The van der Waals surface area contributed by atoms with E-state index in [0.29, 0.717) is 0 Å². The van der Waals surface area contributed by atoms with Crippen molar-refractivity contribution >= 4 is 20.2 Å². The Balaban J connectivity index is 1.55. The van der Waals surface area contributed by atoms with Crippen molar-refractivity contribution < 1.29 is 39.4 Å². The Bertz CT molecular complexity index is 1200. The minimum Gasteiger partial charge on any atom is -0.341 e. The van der Waals surface area contributed by atoms with E-state index in [1.54, 1.807) is 38.1 Å². The molecule has 2 aliphatic rings. The molecule has 0 bridgehead atoms.